The molecule has 1 aromatic rings. The van der Waals surface area contributed by atoms with Crippen molar-refractivity contribution in [1.29, 1.82) is 0 Å². The molecule has 1 aromatic carbocycles. The molecule has 1 rings (SSSR count). The highest BCUT2D eigenvalue weighted by Gasteiger charge is 2.05. The van der Waals surface area contributed by atoms with Crippen molar-refractivity contribution in [3.63, 3.8) is 0 Å². The molecular weight excluding hydrogens is 240 g/mol. The Morgan fingerprint density at radius 2 is 1.86 bits per heavy atom. The maximum Gasteiger partial charge on any atom is 0.133 e. The Bertz CT molecular complexity index is 269. The minimum atomic E-state index is 0.669. The van der Waals surface area contributed by atoms with E-state index in [0.717, 1.165) is 16.8 Å². The lowest BCUT2D eigenvalue weighted by Crippen LogP contribution is -2.10. The first kappa shape index (κ1) is 11.6. The van der Waals surface area contributed by atoms with E-state index in [1.54, 1.807) is 0 Å². The highest BCUT2D eigenvalue weighted by Crippen LogP contribution is 2.24. The molecule has 2 heteroatoms. The first-order valence-electron chi connectivity index (χ1n) is 5.15. The van der Waals surface area contributed by atoms with Crippen LogP contribution in [0.4, 0.5) is 0 Å². The number of benzene rings is 1. The van der Waals surface area contributed by atoms with Crippen LogP contribution in [0.25, 0.3) is 0 Å². The average Bonchev–Trinajstić information content (AvgIpc) is 2.22. The van der Waals surface area contributed by atoms with E-state index >= 15 is 0 Å². The number of ether oxygens (including phenoxy) is 1. The minimum Gasteiger partial charge on any atom is -0.492 e. The first-order valence-corrected chi connectivity index (χ1v) is 5.94. The van der Waals surface area contributed by atoms with E-state index in [1.807, 2.05) is 24.3 Å². The molecule has 0 aromatic heterocycles. The highest BCUT2D eigenvalue weighted by atomic mass is 79.9. The Morgan fingerprint density at radius 1 is 1.21 bits per heavy atom. The van der Waals surface area contributed by atoms with Gasteiger partial charge in [-0.25, -0.2) is 0 Å². The van der Waals surface area contributed by atoms with Gasteiger partial charge in [0.1, 0.15) is 5.75 Å². The lowest BCUT2D eigenvalue weighted by atomic mass is 10.1. The van der Waals surface area contributed by atoms with Crippen molar-refractivity contribution in [1.82, 2.24) is 0 Å². The molecule has 0 aliphatic carbocycles. The zero-order chi connectivity index (χ0) is 10.4. The molecule has 14 heavy (non-hydrogen) atoms. The molecule has 0 radical (unpaired) electrons. The monoisotopic (exact) mass is 256 g/mol. The number of halogens is 1. The van der Waals surface area contributed by atoms with Crippen molar-refractivity contribution >= 4 is 15.9 Å². The summed E-state index contributed by atoms with van der Waals surface area (Å²) in [6.45, 7) is 5.23. The lowest BCUT2D eigenvalue weighted by Gasteiger charge is -2.14. The molecule has 0 unspecified atom stereocenters. The van der Waals surface area contributed by atoms with Crippen LogP contribution < -0.4 is 4.74 Å². The molecule has 0 N–H and O–H groups in total. The standard InChI is InChI=1S/C12H17BrO/c1-3-10(4-2)9-14-12-8-6-5-7-11(12)13/h5-8,10H,3-4,9H2,1-2H3. The molecule has 0 aliphatic heterocycles. The van der Waals surface area contributed by atoms with Crippen LogP contribution in [0.3, 0.4) is 0 Å². The lowest BCUT2D eigenvalue weighted by molar-refractivity contribution is 0.239. The summed E-state index contributed by atoms with van der Waals surface area (Å²) in [6, 6.07) is 7.98. The Labute approximate surface area is 94.6 Å². The topological polar surface area (TPSA) is 9.23 Å². The third kappa shape index (κ3) is 3.33. The molecule has 1 nitrogen and oxygen atoms in total. The van der Waals surface area contributed by atoms with Crippen LogP contribution in [0.15, 0.2) is 28.7 Å². The van der Waals surface area contributed by atoms with Gasteiger partial charge in [-0.1, -0.05) is 38.8 Å². The number of hydrogen-bond donors (Lipinski definition) is 0. The van der Waals surface area contributed by atoms with Crippen molar-refractivity contribution < 1.29 is 4.74 Å². The second-order valence-electron chi connectivity index (χ2n) is 3.42. The predicted molar refractivity (Wildman–Crippen MR) is 63.7 cm³/mol. The summed E-state index contributed by atoms with van der Waals surface area (Å²) in [5, 5.41) is 0. The summed E-state index contributed by atoms with van der Waals surface area (Å²) in [5.74, 6) is 1.61. The van der Waals surface area contributed by atoms with E-state index < -0.39 is 0 Å². The second-order valence-corrected chi connectivity index (χ2v) is 4.28. The van der Waals surface area contributed by atoms with E-state index in [4.69, 9.17) is 4.74 Å². The van der Waals surface area contributed by atoms with Crippen LogP contribution in [0.5, 0.6) is 5.75 Å². The van der Waals surface area contributed by atoms with Crippen LogP contribution in [0.2, 0.25) is 0 Å². The van der Waals surface area contributed by atoms with E-state index in [9.17, 15) is 0 Å². The molecule has 0 saturated carbocycles. The third-order valence-corrected chi connectivity index (χ3v) is 3.12. The predicted octanol–water partition coefficient (Wildman–Crippen LogP) is 4.26. The molecular formula is C12H17BrO. The molecule has 0 atom stereocenters. The number of hydrogen-bond acceptors (Lipinski definition) is 1. The number of para-hydroxylation sites is 1. The Kier molecular flexibility index (Phi) is 5.02. The molecule has 0 aliphatic rings. The zero-order valence-corrected chi connectivity index (χ0v) is 10.4. The number of rotatable bonds is 5. The average molecular weight is 257 g/mol. The van der Waals surface area contributed by atoms with Crippen molar-refractivity contribution in [2.75, 3.05) is 6.61 Å². The normalized spacial score (nSPS) is 10.6. The van der Waals surface area contributed by atoms with Gasteiger partial charge in [0.2, 0.25) is 0 Å². The summed E-state index contributed by atoms with van der Waals surface area (Å²) < 4.78 is 6.77. The van der Waals surface area contributed by atoms with E-state index in [0.29, 0.717) is 5.92 Å². The Balaban J connectivity index is 2.49. The van der Waals surface area contributed by atoms with Crippen LogP contribution in [-0.2, 0) is 0 Å². The van der Waals surface area contributed by atoms with Crippen molar-refractivity contribution in [2.24, 2.45) is 5.92 Å². The van der Waals surface area contributed by atoms with Crippen molar-refractivity contribution in [3.8, 4) is 5.75 Å². The van der Waals surface area contributed by atoms with Crippen molar-refractivity contribution in [3.05, 3.63) is 28.7 Å². The first-order chi connectivity index (χ1) is 6.77. The van der Waals surface area contributed by atoms with Gasteiger partial charge in [0.05, 0.1) is 11.1 Å². The fourth-order valence-electron chi connectivity index (χ4n) is 1.29. The molecule has 0 bridgehead atoms. The summed E-state index contributed by atoms with van der Waals surface area (Å²) in [5.41, 5.74) is 0. The van der Waals surface area contributed by atoms with Gasteiger partial charge >= 0.3 is 0 Å². The van der Waals surface area contributed by atoms with Crippen LogP contribution >= 0.6 is 15.9 Å². The van der Waals surface area contributed by atoms with Gasteiger partial charge < -0.3 is 4.74 Å². The SMILES string of the molecule is CCC(CC)COc1ccccc1Br. The molecule has 0 heterocycles. The minimum absolute atomic E-state index is 0.669. The van der Waals surface area contributed by atoms with E-state index in [2.05, 4.69) is 29.8 Å². The van der Waals surface area contributed by atoms with Gasteiger partial charge in [-0.15, -0.1) is 0 Å². The zero-order valence-electron chi connectivity index (χ0n) is 8.79. The van der Waals surface area contributed by atoms with E-state index in [-0.39, 0.29) is 0 Å². The highest BCUT2D eigenvalue weighted by molar-refractivity contribution is 9.10. The summed E-state index contributed by atoms with van der Waals surface area (Å²) in [7, 11) is 0. The Morgan fingerprint density at radius 3 is 2.43 bits per heavy atom. The van der Waals surface area contributed by atoms with Crippen LogP contribution in [0.1, 0.15) is 26.7 Å². The largest absolute Gasteiger partial charge is 0.492 e. The van der Waals surface area contributed by atoms with Crippen molar-refractivity contribution in [2.45, 2.75) is 26.7 Å². The maximum absolute atomic E-state index is 5.73. The van der Waals surface area contributed by atoms with Gasteiger partial charge in [0.25, 0.3) is 0 Å². The molecule has 0 amide bonds. The van der Waals surface area contributed by atoms with Gasteiger partial charge in [-0.05, 0) is 34.0 Å². The van der Waals surface area contributed by atoms with Gasteiger partial charge in [-0.3, -0.25) is 0 Å². The smallest absolute Gasteiger partial charge is 0.133 e. The fraction of sp³-hybridized carbons (Fsp3) is 0.500. The van der Waals surface area contributed by atoms with Gasteiger partial charge in [0, 0.05) is 0 Å². The molecule has 0 fully saturated rings. The van der Waals surface area contributed by atoms with Gasteiger partial charge in [0.15, 0.2) is 0 Å². The van der Waals surface area contributed by atoms with Crippen LogP contribution in [-0.4, -0.2) is 6.61 Å². The third-order valence-electron chi connectivity index (χ3n) is 2.47. The quantitative estimate of drug-likeness (QED) is 0.765. The summed E-state index contributed by atoms with van der Waals surface area (Å²) in [6.07, 6.45) is 2.36. The molecule has 0 saturated heterocycles. The van der Waals surface area contributed by atoms with E-state index in [1.165, 1.54) is 12.8 Å². The summed E-state index contributed by atoms with van der Waals surface area (Å²) in [4.78, 5) is 0. The summed E-state index contributed by atoms with van der Waals surface area (Å²) >= 11 is 3.47. The second kappa shape index (κ2) is 6.07. The molecule has 78 valence electrons. The van der Waals surface area contributed by atoms with Crippen LogP contribution in [0, 0.1) is 5.92 Å². The molecule has 0 spiro atoms. The Hall–Kier alpha value is -0.500. The fourth-order valence-corrected chi connectivity index (χ4v) is 1.69. The maximum atomic E-state index is 5.73. The van der Waals surface area contributed by atoms with Gasteiger partial charge in [-0.2, -0.15) is 0 Å².